The molecule has 0 aliphatic heterocycles. The number of ketones is 1. The molecular formula is C18H30O4. The summed E-state index contributed by atoms with van der Waals surface area (Å²) >= 11 is 0. The van der Waals surface area contributed by atoms with Crippen LogP contribution in [-0.4, -0.2) is 38.9 Å². The van der Waals surface area contributed by atoms with E-state index < -0.39 is 17.8 Å². The maximum Gasteiger partial charge on any atom is 0.152 e. The van der Waals surface area contributed by atoms with Crippen LogP contribution in [0.4, 0.5) is 0 Å². The zero-order chi connectivity index (χ0) is 16.9. The third-order valence-corrected chi connectivity index (χ3v) is 6.22. The summed E-state index contributed by atoms with van der Waals surface area (Å²) in [6.45, 7) is 9.37. The van der Waals surface area contributed by atoms with Crippen molar-refractivity contribution in [2.75, 3.05) is 0 Å². The zero-order valence-corrected chi connectivity index (χ0v) is 14.3. The van der Waals surface area contributed by atoms with E-state index in [0.29, 0.717) is 0 Å². The quantitative estimate of drug-likeness (QED) is 0.682. The molecule has 0 spiro atoms. The number of carbonyl (C=O) groups is 1. The number of fused-ring (bicyclic) bond motifs is 1. The Morgan fingerprint density at radius 3 is 2.27 bits per heavy atom. The number of rotatable bonds is 2. The monoisotopic (exact) mass is 310 g/mol. The fourth-order valence-electron chi connectivity index (χ4n) is 5.36. The van der Waals surface area contributed by atoms with Crippen LogP contribution in [0.25, 0.3) is 0 Å². The van der Waals surface area contributed by atoms with Crippen LogP contribution in [0.2, 0.25) is 0 Å². The van der Waals surface area contributed by atoms with Gasteiger partial charge in [-0.25, -0.2) is 0 Å². The van der Waals surface area contributed by atoms with E-state index in [9.17, 15) is 20.1 Å². The topological polar surface area (TPSA) is 77.8 Å². The summed E-state index contributed by atoms with van der Waals surface area (Å²) in [6.07, 6.45) is 3.92. The minimum Gasteiger partial charge on any atom is -0.390 e. The van der Waals surface area contributed by atoms with Gasteiger partial charge in [-0.1, -0.05) is 33.3 Å². The van der Waals surface area contributed by atoms with Crippen molar-refractivity contribution < 1.29 is 20.1 Å². The highest BCUT2D eigenvalue weighted by molar-refractivity contribution is 5.87. The van der Waals surface area contributed by atoms with Crippen LogP contribution in [0.15, 0.2) is 12.2 Å². The van der Waals surface area contributed by atoms with Gasteiger partial charge in [0.05, 0.1) is 11.7 Å². The van der Waals surface area contributed by atoms with Crippen molar-refractivity contribution in [1.29, 1.82) is 0 Å². The largest absolute Gasteiger partial charge is 0.390 e. The molecule has 0 radical (unpaired) electrons. The number of hydrogen-bond acceptors (Lipinski definition) is 4. The second-order valence-corrected chi connectivity index (χ2v) is 8.43. The molecule has 0 saturated heterocycles. The lowest BCUT2D eigenvalue weighted by atomic mass is 9.44. The van der Waals surface area contributed by atoms with Crippen LogP contribution >= 0.6 is 0 Å². The van der Waals surface area contributed by atoms with Crippen molar-refractivity contribution in [2.24, 2.45) is 22.7 Å². The summed E-state index contributed by atoms with van der Waals surface area (Å²) in [5.74, 6) is -0.566. The average molecular weight is 310 g/mol. The lowest BCUT2D eigenvalue weighted by Crippen LogP contribution is -2.69. The highest BCUT2D eigenvalue weighted by atomic mass is 16.4. The van der Waals surface area contributed by atoms with Gasteiger partial charge in [0.2, 0.25) is 0 Å². The second kappa shape index (κ2) is 5.43. The van der Waals surface area contributed by atoms with E-state index in [1.165, 1.54) is 13.0 Å². The molecule has 2 fully saturated rings. The van der Waals surface area contributed by atoms with E-state index in [-0.39, 0.29) is 28.4 Å². The van der Waals surface area contributed by atoms with E-state index in [0.717, 1.165) is 19.3 Å². The molecule has 0 heterocycles. The van der Waals surface area contributed by atoms with Crippen molar-refractivity contribution in [2.45, 2.75) is 71.7 Å². The Labute approximate surface area is 133 Å². The molecule has 2 saturated carbocycles. The third-order valence-electron chi connectivity index (χ3n) is 6.22. The molecule has 126 valence electrons. The minimum absolute atomic E-state index is 0.0772. The van der Waals surface area contributed by atoms with Gasteiger partial charge in [-0.2, -0.15) is 0 Å². The lowest BCUT2D eigenvalue weighted by molar-refractivity contribution is -0.255. The van der Waals surface area contributed by atoms with Crippen molar-refractivity contribution in [3.63, 3.8) is 0 Å². The van der Waals surface area contributed by atoms with Crippen LogP contribution in [0.5, 0.6) is 0 Å². The van der Waals surface area contributed by atoms with Crippen LogP contribution < -0.4 is 0 Å². The molecule has 2 aliphatic carbocycles. The molecule has 6 atom stereocenters. The van der Waals surface area contributed by atoms with Gasteiger partial charge in [0.1, 0.15) is 6.10 Å². The van der Waals surface area contributed by atoms with Crippen molar-refractivity contribution in [3.8, 4) is 0 Å². The molecule has 2 aliphatic rings. The highest BCUT2D eigenvalue weighted by Crippen LogP contribution is 2.62. The number of aliphatic hydroxyl groups excluding tert-OH is 2. The van der Waals surface area contributed by atoms with Gasteiger partial charge in [-0.05, 0) is 49.5 Å². The van der Waals surface area contributed by atoms with E-state index in [1.54, 1.807) is 13.0 Å². The van der Waals surface area contributed by atoms with Crippen LogP contribution in [0, 0.1) is 22.7 Å². The van der Waals surface area contributed by atoms with Crippen LogP contribution in [0.1, 0.15) is 53.9 Å². The van der Waals surface area contributed by atoms with Gasteiger partial charge in [-0.3, -0.25) is 4.79 Å². The van der Waals surface area contributed by atoms with Crippen molar-refractivity contribution in [1.82, 2.24) is 0 Å². The fourth-order valence-corrected chi connectivity index (χ4v) is 5.36. The third kappa shape index (κ3) is 2.55. The summed E-state index contributed by atoms with van der Waals surface area (Å²) < 4.78 is 0. The summed E-state index contributed by atoms with van der Waals surface area (Å²) in [6, 6.07) is 0. The summed E-state index contributed by atoms with van der Waals surface area (Å²) in [5.41, 5.74) is -1.92. The molecule has 3 N–H and O–H groups in total. The predicted molar refractivity (Wildman–Crippen MR) is 85.2 cm³/mol. The smallest absolute Gasteiger partial charge is 0.152 e. The van der Waals surface area contributed by atoms with Crippen molar-refractivity contribution >= 4 is 5.78 Å². The van der Waals surface area contributed by atoms with Gasteiger partial charge < -0.3 is 15.3 Å². The standard InChI is InChI=1S/C18H30O4/c1-11(19)7-8-12-17(4)10-6-9-16(2,3)14(17)13(20)15(21)18(12,5)22/h7-8,12-15,20-22H,6,9-10H2,1-5H3. The molecule has 6 unspecified atom stereocenters. The van der Waals surface area contributed by atoms with E-state index >= 15 is 0 Å². The maximum atomic E-state index is 11.4. The lowest BCUT2D eigenvalue weighted by Gasteiger charge is -2.63. The SMILES string of the molecule is CC(=O)C=CC1C(C)(O)C(O)C(O)C2C(C)(C)CCCC21C. The molecule has 22 heavy (non-hydrogen) atoms. The number of allylic oxidation sites excluding steroid dienone is 1. The first-order chi connectivity index (χ1) is 9.94. The number of carbonyl (C=O) groups excluding carboxylic acids is 1. The van der Waals surface area contributed by atoms with Crippen molar-refractivity contribution in [3.05, 3.63) is 12.2 Å². The van der Waals surface area contributed by atoms with E-state index in [1.807, 2.05) is 0 Å². The van der Waals surface area contributed by atoms with Gasteiger partial charge in [0, 0.05) is 5.92 Å². The predicted octanol–water partition coefficient (Wildman–Crippen LogP) is 2.07. The molecular weight excluding hydrogens is 280 g/mol. The molecule has 4 heteroatoms. The van der Waals surface area contributed by atoms with Gasteiger partial charge in [0.25, 0.3) is 0 Å². The Hall–Kier alpha value is -0.710. The normalized spacial score (nSPS) is 48.2. The van der Waals surface area contributed by atoms with Gasteiger partial charge >= 0.3 is 0 Å². The second-order valence-electron chi connectivity index (χ2n) is 8.43. The Balaban J connectivity index is 2.55. The summed E-state index contributed by atoms with van der Waals surface area (Å²) in [5, 5.41) is 32.1. The van der Waals surface area contributed by atoms with Gasteiger partial charge in [0.15, 0.2) is 5.78 Å². The molecule has 0 aromatic carbocycles. The molecule has 0 amide bonds. The Bertz CT molecular complexity index is 479. The molecule has 4 nitrogen and oxygen atoms in total. The first-order valence-corrected chi connectivity index (χ1v) is 8.22. The maximum absolute atomic E-state index is 11.4. The molecule has 0 aromatic rings. The van der Waals surface area contributed by atoms with E-state index in [4.69, 9.17) is 0 Å². The van der Waals surface area contributed by atoms with E-state index in [2.05, 4.69) is 20.8 Å². The Morgan fingerprint density at radius 2 is 1.73 bits per heavy atom. The molecule has 0 aromatic heterocycles. The van der Waals surface area contributed by atoms with Crippen LogP contribution in [-0.2, 0) is 4.79 Å². The first kappa shape index (κ1) is 17.6. The Kier molecular flexibility index (Phi) is 4.35. The van der Waals surface area contributed by atoms with Crippen LogP contribution in [0.3, 0.4) is 0 Å². The molecule has 2 rings (SSSR count). The summed E-state index contributed by atoms with van der Waals surface area (Å²) in [7, 11) is 0. The minimum atomic E-state index is -1.45. The molecule has 0 bridgehead atoms. The fraction of sp³-hybridized carbons (Fsp3) is 0.833. The zero-order valence-electron chi connectivity index (χ0n) is 14.3. The summed E-state index contributed by atoms with van der Waals surface area (Å²) in [4.78, 5) is 11.4. The van der Waals surface area contributed by atoms with Gasteiger partial charge in [-0.15, -0.1) is 0 Å². The highest BCUT2D eigenvalue weighted by Gasteiger charge is 2.64. The number of hydrogen-bond donors (Lipinski definition) is 3. The average Bonchev–Trinajstić information content (AvgIpc) is 2.34. The number of aliphatic hydroxyl groups is 3. The Morgan fingerprint density at radius 1 is 1.14 bits per heavy atom. The first-order valence-electron chi connectivity index (χ1n) is 8.22.